The van der Waals surface area contributed by atoms with Crippen molar-refractivity contribution in [3.63, 3.8) is 0 Å². The van der Waals surface area contributed by atoms with Gasteiger partial charge in [0.05, 0.1) is 6.20 Å². The van der Waals surface area contributed by atoms with Gasteiger partial charge in [-0.2, -0.15) is 5.10 Å². The summed E-state index contributed by atoms with van der Waals surface area (Å²) in [5.74, 6) is 1.25. The van der Waals surface area contributed by atoms with Crippen molar-refractivity contribution in [2.45, 2.75) is 58.7 Å². The van der Waals surface area contributed by atoms with Gasteiger partial charge in [0.2, 0.25) is 5.91 Å². The fourth-order valence-electron chi connectivity index (χ4n) is 5.08. The van der Waals surface area contributed by atoms with Crippen molar-refractivity contribution < 1.29 is 9.53 Å². The van der Waals surface area contributed by atoms with Crippen LogP contribution in [0.15, 0.2) is 42.9 Å². The van der Waals surface area contributed by atoms with Gasteiger partial charge in [-0.25, -0.2) is 4.68 Å². The molecule has 0 spiro atoms. The quantitative estimate of drug-likeness (QED) is 0.542. The van der Waals surface area contributed by atoms with Crippen LogP contribution in [0.3, 0.4) is 0 Å². The second-order valence-electron chi connectivity index (χ2n) is 9.86. The number of nitrogens with zero attached hydrogens (tertiary/aromatic N) is 4. The van der Waals surface area contributed by atoms with E-state index in [1.54, 1.807) is 0 Å². The van der Waals surface area contributed by atoms with Gasteiger partial charge in [0, 0.05) is 61.5 Å². The Morgan fingerprint density at radius 3 is 2.91 bits per heavy atom. The van der Waals surface area contributed by atoms with Gasteiger partial charge >= 0.3 is 0 Å². The molecule has 6 heteroatoms. The van der Waals surface area contributed by atoms with E-state index in [4.69, 9.17) is 4.74 Å². The fourth-order valence-corrected chi connectivity index (χ4v) is 5.08. The van der Waals surface area contributed by atoms with E-state index < -0.39 is 0 Å². The number of benzene rings is 1. The third-order valence-electron chi connectivity index (χ3n) is 6.83. The zero-order chi connectivity index (χ0) is 22.1. The van der Waals surface area contributed by atoms with Crippen LogP contribution in [-0.4, -0.2) is 44.9 Å². The lowest BCUT2D eigenvalue weighted by Gasteiger charge is -2.22. The van der Waals surface area contributed by atoms with Crippen molar-refractivity contribution in [2.24, 2.45) is 11.8 Å². The fraction of sp³-hybridized carbons (Fsp3) is 0.538. The number of hydrogen-bond acceptors (Lipinski definition) is 3. The van der Waals surface area contributed by atoms with Gasteiger partial charge in [-0.05, 0) is 61.3 Å². The number of carbonyl (C=O) groups excluding carboxylic acids is 1. The SMILES string of the molecule is CC(C)CC(=O)N1CCC(Cn2ccc3cc(-c4cnn(C5CCCCO5)c4)ccc32)C1. The van der Waals surface area contributed by atoms with Crippen molar-refractivity contribution in [1.82, 2.24) is 19.2 Å². The average Bonchev–Trinajstić information content (AvgIpc) is 3.54. The maximum atomic E-state index is 12.4. The number of aromatic nitrogens is 3. The molecule has 2 aliphatic heterocycles. The Hall–Kier alpha value is -2.60. The van der Waals surface area contributed by atoms with Gasteiger partial charge in [0.25, 0.3) is 0 Å². The first-order chi connectivity index (χ1) is 15.6. The Morgan fingerprint density at radius 1 is 1.19 bits per heavy atom. The van der Waals surface area contributed by atoms with Crippen LogP contribution in [0.1, 0.15) is 52.2 Å². The minimum atomic E-state index is 0.0701. The lowest BCUT2D eigenvalue weighted by Crippen LogP contribution is -2.30. The molecule has 5 rings (SSSR count). The number of ether oxygens (including phenoxy) is 1. The summed E-state index contributed by atoms with van der Waals surface area (Å²) in [6, 6.07) is 8.86. The number of rotatable bonds is 6. The van der Waals surface area contributed by atoms with E-state index >= 15 is 0 Å². The number of amides is 1. The molecule has 3 aromatic rings. The summed E-state index contributed by atoms with van der Waals surface area (Å²) in [5.41, 5.74) is 3.57. The molecule has 2 fully saturated rings. The van der Waals surface area contributed by atoms with Gasteiger partial charge in [0.15, 0.2) is 0 Å². The van der Waals surface area contributed by atoms with Crippen LogP contribution in [0.5, 0.6) is 0 Å². The minimum Gasteiger partial charge on any atom is -0.357 e. The Kier molecular flexibility index (Phi) is 6.05. The van der Waals surface area contributed by atoms with E-state index in [2.05, 4.69) is 65.1 Å². The summed E-state index contributed by atoms with van der Waals surface area (Å²) in [5, 5.41) is 5.81. The van der Waals surface area contributed by atoms with E-state index in [1.807, 2.05) is 10.9 Å². The third kappa shape index (κ3) is 4.46. The first kappa shape index (κ1) is 21.3. The van der Waals surface area contributed by atoms with Crippen LogP contribution in [0.25, 0.3) is 22.0 Å². The van der Waals surface area contributed by atoms with Gasteiger partial charge in [-0.3, -0.25) is 4.79 Å². The summed E-state index contributed by atoms with van der Waals surface area (Å²) < 4.78 is 10.2. The van der Waals surface area contributed by atoms with Gasteiger partial charge in [0.1, 0.15) is 6.23 Å². The van der Waals surface area contributed by atoms with E-state index in [0.29, 0.717) is 24.2 Å². The Labute approximate surface area is 190 Å². The monoisotopic (exact) mass is 434 g/mol. The van der Waals surface area contributed by atoms with Gasteiger partial charge in [-0.15, -0.1) is 0 Å². The van der Waals surface area contributed by atoms with Crippen LogP contribution in [0, 0.1) is 11.8 Å². The average molecular weight is 435 g/mol. The molecule has 0 radical (unpaired) electrons. The summed E-state index contributed by atoms with van der Waals surface area (Å²) in [7, 11) is 0. The highest BCUT2D eigenvalue weighted by molar-refractivity contribution is 5.85. The molecule has 32 heavy (non-hydrogen) atoms. The molecule has 170 valence electrons. The highest BCUT2D eigenvalue weighted by Gasteiger charge is 2.27. The molecule has 2 aromatic heterocycles. The smallest absolute Gasteiger partial charge is 0.222 e. The molecule has 4 heterocycles. The third-order valence-corrected chi connectivity index (χ3v) is 6.83. The van der Waals surface area contributed by atoms with Gasteiger partial charge in [-0.1, -0.05) is 19.9 Å². The van der Waals surface area contributed by atoms with Crippen molar-refractivity contribution in [3.8, 4) is 11.1 Å². The van der Waals surface area contributed by atoms with Crippen LogP contribution in [0.2, 0.25) is 0 Å². The molecule has 0 aliphatic carbocycles. The van der Waals surface area contributed by atoms with E-state index in [-0.39, 0.29) is 6.23 Å². The minimum absolute atomic E-state index is 0.0701. The molecular weight excluding hydrogens is 400 g/mol. The molecule has 1 aromatic carbocycles. The molecular formula is C26H34N4O2. The standard InChI is InChI=1S/C26H34N4O2/c1-19(2)13-25(31)29-10-8-20(17-29)16-28-11-9-22-14-21(6-7-24(22)28)23-15-27-30(18-23)26-5-3-4-12-32-26/h6-7,9,11,14-15,18-20,26H,3-5,8,10,12-13,16-17H2,1-2H3. The largest absolute Gasteiger partial charge is 0.357 e. The molecule has 2 atom stereocenters. The first-order valence-electron chi connectivity index (χ1n) is 12.1. The highest BCUT2D eigenvalue weighted by atomic mass is 16.5. The van der Waals surface area contributed by atoms with E-state index in [0.717, 1.165) is 51.1 Å². The molecule has 2 aliphatic rings. The lowest BCUT2D eigenvalue weighted by molar-refractivity contribution is -0.131. The van der Waals surface area contributed by atoms with E-state index in [1.165, 1.54) is 22.9 Å². The Morgan fingerprint density at radius 2 is 2.09 bits per heavy atom. The number of hydrogen-bond donors (Lipinski definition) is 0. The number of fused-ring (bicyclic) bond motifs is 1. The molecule has 2 unspecified atom stereocenters. The second-order valence-corrected chi connectivity index (χ2v) is 9.86. The molecule has 1 amide bonds. The predicted octanol–water partition coefficient (Wildman–Crippen LogP) is 5.10. The zero-order valence-corrected chi connectivity index (χ0v) is 19.2. The van der Waals surface area contributed by atoms with Crippen molar-refractivity contribution in [1.29, 1.82) is 0 Å². The zero-order valence-electron chi connectivity index (χ0n) is 19.2. The molecule has 2 saturated heterocycles. The Balaban J connectivity index is 1.27. The summed E-state index contributed by atoms with van der Waals surface area (Å²) >= 11 is 0. The van der Waals surface area contributed by atoms with Crippen molar-refractivity contribution in [3.05, 3.63) is 42.9 Å². The highest BCUT2D eigenvalue weighted by Crippen LogP contribution is 2.29. The summed E-state index contributed by atoms with van der Waals surface area (Å²) in [6.07, 6.45) is 11.4. The van der Waals surface area contributed by atoms with Crippen LogP contribution in [0.4, 0.5) is 0 Å². The van der Waals surface area contributed by atoms with Crippen LogP contribution >= 0.6 is 0 Å². The topological polar surface area (TPSA) is 52.3 Å². The Bertz CT molecular complexity index is 1080. The van der Waals surface area contributed by atoms with Crippen molar-refractivity contribution in [2.75, 3.05) is 19.7 Å². The molecule has 0 N–H and O–H groups in total. The first-order valence-corrected chi connectivity index (χ1v) is 12.1. The van der Waals surface area contributed by atoms with Crippen LogP contribution < -0.4 is 0 Å². The van der Waals surface area contributed by atoms with Crippen molar-refractivity contribution >= 4 is 16.8 Å². The molecule has 0 bridgehead atoms. The predicted molar refractivity (Wildman–Crippen MR) is 126 cm³/mol. The van der Waals surface area contributed by atoms with Crippen LogP contribution in [-0.2, 0) is 16.1 Å². The van der Waals surface area contributed by atoms with Gasteiger partial charge < -0.3 is 14.2 Å². The molecule has 0 saturated carbocycles. The number of carbonyl (C=O) groups is 1. The molecule has 6 nitrogen and oxygen atoms in total. The second kappa shape index (κ2) is 9.10. The summed E-state index contributed by atoms with van der Waals surface area (Å²) in [4.78, 5) is 14.5. The maximum Gasteiger partial charge on any atom is 0.222 e. The maximum absolute atomic E-state index is 12.4. The number of likely N-dealkylation sites (tertiary alicyclic amines) is 1. The van der Waals surface area contributed by atoms with E-state index in [9.17, 15) is 4.79 Å². The lowest BCUT2D eigenvalue weighted by atomic mass is 10.1. The summed E-state index contributed by atoms with van der Waals surface area (Å²) in [6.45, 7) is 7.79. The normalized spacial score (nSPS) is 21.7.